The summed E-state index contributed by atoms with van der Waals surface area (Å²) in [5.41, 5.74) is 6.33. The first-order chi connectivity index (χ1) is 8.33. The SMILES string of the molecule is NCCCC1CCCN1C(=O)c1ccccc1. The molecule has 1 aliphatic heterocycles. The normalized spacial score (nSPS) is 19.6. The zero-order valence-corrected chi connectivity index (χ0v) is 10.1. The third kappa shape index (κ3) is 2.86. The summed E-state index contributed by atoms with van der Waals surface area (Å²) >= 11 is 0. The second-order valence-electron chi connectivity index (χ2n) is 4.59. The molecule has 1 heterocycles. The molecule has 0 spiro atoms. The van der Waals surface area contributed by atoms with Crippen molar-refractivity contribution < 1.29 is 4.79 Å². The van der Waals surface area contributed by atoms with Gasteiger partial charge in [-0.15, -0.1) is 0 Å². The molecule has 17 heavy (non-hydrogen) atoms. The molecular formula is C14H20N2O. The zero-order valence-electron chi connectivity index (χ0n) is 10.1. The van der Waals surface area contributed by atoms with E-state index in [-0.39, 0.29) is 5.91 Å². The Bertz CT molecular complexity index is 364. The Hall–Kier alpha value is -1.35. The molecule has 92 valence electrons. The fourth-order valence-corrected chi connectivity index (χ4v) is 2.50. The lowest BCUT2D eigenvalue weighted by Gasteiger charge is -2.24. The van der Waals surface area contributed by atoms with Crippen molar-refractivity contribution in [2.75, 3.05) is 13.1 Å². The molecule has 0 aromatic heterocycles. The van der Waals surface area contributed by atoms with Crippen LogP contribution in [0.5, 0.6) is 0 Å². The van der Waals surface area contributed by atoms with E-state index in [1.807, 2.05) is 35.2 Å². The summed E-state index contributed by atoms with van der Waals surface area (Å²) in [5, 5.41) is 0. The van der Waals surface area contributed by atoms with Gasteiger partial charge in [-0.05, 0) is 44.4 Å². The number of carbonyl (C=O) groups excluding carboxylic acids is 1. The zero-order chi connectivity index (χ0) is 12.1. The van der Waals surface area contributed by atoms with E-state index in [9.17, 15) is 4.79 Å². The minimum absolute atomic E-state index is 0.171. The highest BCUT2D eigenvalue weighted by molar-refractivity contribution is 5.94. The number of hydrogen-bond donors (Lipinski definition) is 1. The van der Waals surface area contributed by atoms with Crippen LogP contribution in [-0.4, -0.2) is 29.9 Å². The van der Waals surface area contributed by atoms with E-state index < -0.39 is 0 Å². The van der Waals surface area contributed by atoms with Crippen LogP contribution in [0.4, 0.5) is 0 Å². The molecule has 0 radical (unpaired) electrons. The van der Waals surface area contributed by atoms with E-state index in [0.717, 1.165) is 37.8 Å². The number of amides is 1. The van der Waals surface area contributed by atoms with Crippen molar-refractivity contribution in [3.05, 3.63) is 35.9 Å². The first kappa shape index (κ1) is 12.1. The molecule has 2 rings (SSSR count). The smallest absolute Gasteiger partial charge is 0.254 e. The first-order valence-corrected chi connectivity index (χ1v) is 6.39. The molecule has 1 aliphatic rings. The second-order valence-corrected chi connectivity index (χ2v) is 4.59. The number of likely N-dealkylation sites (tertiary alicyclic amines) is 1. The van der Waals surface area contributed by atoms with E-state index in [0.29, 0.717) is 12.6 Å². The third-order valence-corrected chi connectivity index (χ3v) is 3.40. The summed E-state index contributed by atoms with van der Waals surface area (Å²) in [6, 6.07) is 9.94. The van der Waals surface area contributed by atoms with Crippen LogP contribution in [0.1, 0.15) is 36.0 Å². The lowest BCUT2D eigenvalue weighted by molar-refractivity contribution is 0.0729. The first-order valence-electron chi connectivity index (χ1n) is 6.39. The van der Waals surface area contributed by atoms with Crippen molar-refractivity contribution in [3.63, 3.8) is 0 Å². The number of nitrogens with zero attached hydrogens (tertiary/aromatic N) is 1. The van der Waals surface area contributed by atoms with Crippen LogP contribution in [0.3, 0.4) is 0 Å². The molecule has 2 N–H and O–H groups in total. The number of nitrogens with two attached hydrogens (primary N) is 1. The highest BCUT2D eigenvalue weighted by Crippen LogP contribution is 2.23. The summed E-state index contributed by atoms with van der Waals surface area (Å²) in [6.07, 6.45) is 4.28. The van der Waals surface area contributed by atoms with Gasteiger partial charge in [-0.1, -0.05) is 18.2 Å². The molecule has 3 nitrogen and oxygen atoms in total. The molecule has 0 saturated carbocycles. The highest BCUT2D eigenvalue weighted by atomic mass is 16.2. The molecule has 0 aliphatic carbocycles. The quantitative estimate of drug-likeness (QED) is 0.863. The Kier molecular flexibility index (Phi) is 4.15. The molecule has 1 aromatic rings. The van der Waals surface area contributed by atoms with Gasteiger partial charge in [-0.2, -0.15) is 0 Å². The predicted octanol–water partition coefficient (Wildman–Crippen LogP) is 2.03. The van der Waals surface area contributed by atoms with Crippen molar-refractivity contribution in [3.8, 4) is 0 Å². The van der Waals surface area contributed by atoms with Gasteiger partial charge < -0.3 is 10.6 Å². The fourth-order valence-electron chi connectivity index (χ4n) is 2.50. The lowest BCUT2D eigenvalue weighted by Crippen LogP contribution is -2.35. The van der Waals surface area contributed by atoms with Gasteiger partial charge in [0.2, 0.25) is 0 Å². The van der Waals surface area contributed by atoms with Crippen molar-refractivity contribution in [1.29, 1.82) is 0 Å². The number of carbonyl (C=O) groups is 1. The average Bonchev–Trinajstić information content (AvgIpc) is 2.84. The maximum atomic E-state index is 12.3. The Morgan fingerprint density at radius 1 is 1.35 bits per heavy atom. The minimum Gasteiger partial charge on any atom is -0.336 e. The topological polar surface area (TPSA) is 46.3 Å². The largest absolute Gasteiger partial charge is 0.336 e. The van der Waals surface area contributed by atoms with E-state index in [2.05, 4.69) is 0 Å². The van der Waals surface area contributed by atoms with Gasteiger partial charge in [-0.25, -0.2) is 0 Å². The molecule has 3 heteroatoms. The van der Waals surface area contributed by atoms with Crippen LogP contribution in [0, 0.1) is 0 Å². The standard InChI is InChI=1S/C14H20N2O/c15-10-4-8-13-9-5-11-16(13)14(17)12-6-2-1-3-7-12/h1-3,6-7,13H,4-5,8-11,15H2. The van der Waals surface area contributed by atoms with Gasteiger partial charge >= 0.3 is 0 Å². The van der Waals surface area contributed by atoms with Gasteiger partial charge in [0.25, 0.3) is 5.91 Å². The van der Waals surface area contributed by atoms with Gasteiger partial charge in [0.1, 0.15) is 0 Å². The molecule has 1 saturated heterocycles. The number of hydrogen-bond acceptors (Lipinski definition) is 2. The maximum Gasteiger partial charge on any atom is 0.254 e. The molecule has 1 amide bonds. The summed E-state index contributed by atoms with van der Waals surface area (Å²) < 4.78 is 0. The van der Waals surface area contributed by atoms with Crippen LogP contribution in [0.25, 0.3) is 0 Å². The highest BCUT2D eigenvalue weighted by Gasteiger charge is 2.28. The van der Waals surface area contributed by atoms with Crippen molar-refractivity contribution in [2.24, 2.45) is 5.73 Å². The number of rotatable bonds is 4. The summed E-state index contributed by atoms with van der Waals surface area (Å²) in [7, 11) is 0. The monoisotopic (exact) mass is 232 g/mol. The maximum absolute atomic E-state index is 12.3. The van der Waals surface area contributed by atoms with Crippen LogP contribution >= 0.6 is 0 Å². The minimum atomic E-state index is 0.171. The van der Waals surface area contributed by atoms with E-state index in [1.165, 1.54) is 0 Å². The molecule has 1 unspecified atom stereocenters. The molecular weight excluding hydrogens is 212 g/mol. The van der Waals surface area contributed by atoms with Crippen LogP contribution in [0.2, 0.25) is 0 Å². The summed E-state index contributed by atoms with van der Waals surface area (Å²) in [4.78, 5) is 14.3. The van der Waals surface area contributed by atoms with Gasteiger partial charge in [0.05, 0.1) is 0 Å². The van der Waals surface area contributed by atoms with E-state index >= 15 is 0 Å². The fraction of sp³-hybridized carbons (Fsp3) is 0.500. The second kappa shape index (κ2) is 5.82. The molecule has 1 fully saturated rings. The third-order valence-electron chi connectivity index (χ3n) is 3.40. The Morgan fingerprint density at radius 2 is 2.12 bits per heavy atom. The lowest BCUT2D eigenvalue weighted by atomic mass is 10.1. The molecule has 1 aromatic carbocycles. The van der Waals surface area contributed by atoms with E-state index in [1.54, 1.807) is 0 Å². The Morgan fingerprint density at radius 3 is 2.82 bits per heavy atom. The number of benzene rings is 1. The van der Waals surface area contributed by atoms with Crippen LogP contribution in [-0.2, 0) is 0 Å². The van der Waals surface area contributed by atoms with Gasteiger partial charge in [-0.3, -0.25) is 4.79 Å². The summed E-state index contributed by atoms with van der Waals surface area (Å²) in [6.45, 7) is 1.60. The predicted molar refractivity (Wildman–Crippen MR) is 68.8 cm³/mol. The Balaban J connectivity index is 2.03. The van der Waals surface area contributed by atoms with Crippen molar-refractivity contribution in [1.82, 2.24) is 4.90 Å². The van der Waals surface area contributed by atoms with Crippen molar-refractivity contribution >= 4 is 5.91 Å². The van der Waals surface area contributed by atoms with Crippen LogP contribution < -0.4 is 5.73 Å². The van der Waals surface area contributed by atoms with Crippen LogP contribution in [0.15, 0.2) is 30.3 Å². The van der Waals surface area contributed by atoms with Crippen molar-refractivity contribution in [2.45, 2.75) is 31.7 Å². The Labute approximate surface area is 103 Å². The summed E-state index contributed by atoms with van der Waals surface area (Å²) in [5.74, 6) is 0.171. The van der Waals surface area contributed by atoms with E-state index in [4.69, 9.17) is 5.73 Å². The van der Waals surface area contributed by atoms with Gasteiger partial charge in [0.15, 0.2) is 0 Å². The molecule has 0 bridgehead atoms. The van der Waals surface area contributed by atoms with Gasteiger partial charge in [0, 0.05) is 18.2 Å². The molecule has 1 atom stereocenters. The average molecular weight is 232 g/mol.